The number of nitrogen functional groups attached to an aromatic ring is 1. The summed E-state index contributed by atoms with van der Waals surface area (Å²) in [5, 5.41) is 3.81. The summed E-state index contributed by atoms with van der Waals surface area (Å²) in [7, 11) is 1.61. The monoisotopic (exact) mass is 278 g/mol. The Kier molecular flexibility index (Phi) is 4.06. The molecule has 6 heteroatoms. The third-order valence-corrected chi connectivity index (χ3v) is 2.97. The number of nitrogens with one attached hydrogen (secondary N) is 1. The first kappa shape index (κ1) is 13.4. The van der Waals surface area contributed by atoms with Gasteiger partial charge in [0.15, 0.2) is 0 Å². The minimum absolute atomic E-state index is 0.244. The van der Waals surface area contributed by atoms with Crippen molar-refractivity contribution in [3.63, 3.8) is 0 Å². The lowest BCUT2D eigenvalue weighted by Gasteiger charge is -2.12. The van der Waals surface area contributed by atoms with Crippen LogP contribution in [-0.4, -0.2) is 17.1 Å². The second-order valence-electron chi connectivity index (χ2n) is 4.03. The fraction of sp³-hybridized carbons (Fsp3) is 0.231. The number of aryl methyl sites for hydroxylation is 1. The molecule has 19 heavy (non-hydrogen) atoms. The highest BCUT2D eigenvalue weighted by Crippen LogP contribution is 2.26. The van der Waals surface area contributed by atoms with E-state index in [4.69, 9.17) is 22.1 Å². The normalized spacial score (nSPS) is 10.3. The molecule has 2 aromatic rings. The molecule has 0 amide bonds. The van der Waals surface area contributed by atoms with Crippen LogP contribution in [0, 0.1) is 6.92 Å². The molecule has 0 spiro atoms. The summed E-state index contributed by atoms with van der Waals surface area (Å²) >= 11 is 6.16. The van der Waals surface area contributed by atoms with E-state index >= 15 is 0 Å². The van der Waals surface area contributed by atoms with Crippen molar-refractivity contribution in [3.8, 4) is 5.75 Å². The average molecular weight is 279 g/mol. The van der Waals surface area contributed by atoms with Crippen molar-refractivity contribution < 1.29 is 4.74 Å². The Morgan fingerprint density at radius 3 is 2.84 bits per heavy atom. The number of nitrogens with zero attached hydrogens (tertiary/aromatic N) is 2. The predicted octanol–water partition coefficient (Wildman–Crippen LogP) is 2.64. The van der Waals surface area contributed by atoms with E-state index in [1.54, 1.807) is 7.11 Å². The maximum absolute atomic E-state index is 6.16. The molecule has 100 valence electrons. The van der Waals surface area contributed by atoms with Crippen LogP contribution in [0.3, 0.4) is 0 Å². The average Bonchev–Trinajstić information content (AvgIpc) is 2.36. The van der Waals surface area contributed by atoms with E-state index in [0.29, 0.717) is 17.4 Å². The Bertz CT molecular complexity index is 569. The first-order valence-corrected chi connectivity index (χ1v) is 6.14. The number of ether oxygens (including phenoxy) is 1. The number of hydrogen-bond acceptors (Lipinski definition) is 5. The van der Waals surface area contributed by atoms with E-state index in [-0.39, 0.29) is 5.95 Å². The summed E-state index contributed by atoms with van der Waals surface area (Å²) in [4.78, 5) is 8.12. The Morgan fingerprint density at radius 2 is 2.16 bits per heavy atom. The fourth-order valence-electron chi connectivity index (χ4n) is 1.76. The Morgan fingerprint density at radius 1 is 1.37 bits per heavy atom. The number of halogens is 1. The lowest BCUT2D eigenvalue weighted by molar-refractivity contribution is 0.410. The van der Waals surface area contributed by atoms with Gasteiger partial charge in [-0.3, -0.25) is 0 Å². The highest BCUT2D eigenvalue weighted by molar-refractivity contribution is 6.31. The van der Waals surface area contributed by atoms with Crippen molar-refractivity contribution in [2.75, 3.05) is 18.2 Å². The van der Waals surface area contributed by atoms with Gasteiger partial charge in [0.25, 0.3) is 0 Å². The largest absolute Gasteiger partial charge is 0.496 e. The van der Waals surface area contributed by atoms with Gasteiger partial charge in [-0.2, -0.15) is 4.98 Å². The van der Waals surface area contributed by atoms with Crippen molar-refractivity contribution >= 4 is 23.4 Å². The quantitative estimate of drug-likeness (QED) is 0.899. The van der Waals surface area contributed by atoms with Crippen molar-refractivity contribution in [1.29, 1.82) is 0 Å². The topological polar surface area (TPSA) is 73.1 Å². The van der Waals surface area contributed by atoms with Crippen molar-refractivity contribution in [1.82, 2.24) is 9.97 Å². The van der Waals surface area contributed by atoms with Crippen LogP contribution in [0.25, 0.3) is 0 Å². The van der Waals surface area contributed by atoms with Gasteiger partial charge in [0, 0.05) is 28.9 Å². The van der Waals surface area contributed by atoms with Gasteiger partial charge in [-0.15, -0.1) is 0 Å². The molecular formula is C13H15ClN4O. The van der Waals surface area contributed by atoms with Gasteiger partial charge in [-0.25, -0.2) is 4.98 Å². The van der Waals surface area contributed by atoms with Crippen LogP contribution < -0.4 is 15.8 Å². The highest BCUT2D eigenvalue weighted by Gasteiger charge is 2.08. The van der Waals surface area contributed by atoms with Crippen molar-refractivity contribution in [3.05, 3.63) is 40.5 Å². The molecule has 1 aromatic carbocycles. The SMILES string of the molecule is COc1cccc(Cl)c1CNc1cc(C)nc(N)n1. The maximum Gasteiger partial charge on any atom is 0.222 e. The van der Waals surface area contributed by atoms with Crippen LogP contribution >= 0.6 is 11.6 Å². The zero-order valence-corrected chi connectivity index (χ0v) is 11.5. The molecule has 0 unspecified atom stereocenters. The molecule has 0 saturated carbocycles. The lowest BCUT2D eigenvalue weighted by Crippen LogP contribution is -2.06. The van der Waals surface area contributed by atoms with E-state index in [2.05, 4.69) is 15.3 Å². The summed E-state index contributed by atoms with van der Waals surface area (Å²) < 4.78 is 5.28. The summed E-state index contributed by atoms with van der Waals surface area (Å²) in [6, 6.07) is 7.35. The molecule has 0 aliphatic heterocycles. The van der Waals surface area contributed by atoms with Gasteiger partial charge >= 0.3 is 0 Å². The first-order chi connectivity index (χ1) is 9.10. The van der Waals surface area contributed by atoms with Crippen molar-refractivity contribution in [2.24, 2.45) is 0 Å². The molecule has 1 heterocycles. The van der Waals surface area contributed by atoms with Gasteiger partial charge < -0.3 is 15.8 Å². The third-order valence-electron chi connectivity index (χ3n) is 2.61. The van der Waals surface area contributed by atoms with Gasteiger partial charge in [-0.1, -0.05) is 17.7 Å². The summed E-state index contributed by atoms with van der Waals surface area (Å²) in [6.07, 6.45) is 0. The number of rotatable bonds is 4. The Labute approximate surface area is 116 Å². The molecule has 0 radical (unpaired) electrons. The molecule has 0 bridgehead atoms. The minimum Gasteiger partial charge on any atom is -0.496 e. The van der Waals surface area contributed by atoms with E-state index in [1.165, 1.54) is 0 Å². The number of nitrogens with two attached hydrogens (primary N) is 1. The zero-order valence-electron chi connectivity index (χ0n) is 10.8. The molecule has 1 aromatic heterocycles. The van der Waals surface area contributed by atoms with E-state index < -0.39 is 0 Å². The summed E-state index contributed by atoms with van der Waals surface area (Å²) in [5.41, 5.74) is 7.28. The second kappa shape index (κ2) is 5.75. The predicted molar refractivity (Wildman–Crippen MR) is 76.5 cm³/mol. The Hall–Kier alpha value is -2.01. The molecular weight excluding hydrogens is 264 g/mol. The summed E-state index contributed by atoms with van der Waals surface area (Å²) in [5.74, 6) is 1.64. The molecule has 0 saturated heterocycles. The molecule has 0 atom stereocenters. The lowest BCUT2D eigenvalue weighted by atomic mass is 10.2. The van der Waals surface area contributed by atoms with E-state index in [0.717, 1.165) is 17.0 Å². The molecule has 5 nitrogen and oxygen atoms in total. The molecule has 0 aliphatic rings. The zero-order chi connectivity index (χ0) is 13.8. The van der Waals surface area contributed by atoms with E-state index in [9.17, 15) is 0 Å². The van der Waals surface area contributed by atoms with Crippen LogP contribution in [0.4, 0.5) is 11.8 Å². The first-order valence-electron chi connectivity index (χ1n) is 5.76. The number of anilines is 2. The van der Waals surface area contributed by atoms with Gasteiger partial charge in [0.1, 0.15) is 11.6 Å². The second-order valence-corrected chi connectivity index (χ2v) is 4.43. The molecule has 0 fully saturated rings. The van der Waals surface area contributed by atoms with Crippen molar-refractivity contribution in [2.45, 2.75) is 13.5 Å². The smallest absolute Gasteiger partial charge is 0.222 e. The Balaban J connectivity index is 2.18. The summed E-state index contributed by atoms with van der Waals surface area (Å²) in [6.45, 7) is 2.36. The number of hydrogen-bond donors (Lipinski definition) is 2. The van der Waals surface area contributed by atoms with Gasteiger partial charge in [-0.05, 0) is 19.1 Å². The van der Waals surface area contributed by atoms with Gasteiger partial charge in [0.2, 0.25) is 5.95 Å². The fourth-order valence-corrected chi connectivity index (χ4v) is 2.00. The van der Waals surface area contributed by atoms with Gasteiger partial charge in [0.05, 0.1) is 7.11 Å². The minimum atomic E-state index is 0.244. The van der Waals surface area contributed by atoms with Crippen LogP contribution in [0.1, 0.15) is 11.3 Å². The van der Waals surface area contributed by atoms with Crippen LogP contribution in [0.15, 0.2) is 24.3 Å². The van der Waals surface area contributed by atoms with E-state index in [1.807, 2.05) is 31.2 Å². The molecule has 0 aliphatic carbocycles. The maximum atomic E-state index is 6.16. The van der Waals surface area contributed by atoms with Crippen LogP contribution in [-0.2, 0) is 6.54 Å². The van der Waals surface area contributed by atoms with Crippen LogP contribution in [0.5, 0.6) is 5.75 Å². The van der Waals surface area contributed by atoms with Crippen LogP contribution in [0.2, 0.25) is 5.02 Å². The molecule has 2 rings (SSSR count). The number of methoxy groups -OCH3 is 1. The number of aromatic nitrogens is 2. The standard InChI is InChI=1S/C13H15ClN4O/c1-8-6-12(18-13(15)17-8)16-7-9-10(14)4-3-5-11(9)19-2/h3-6H,7H2,1-2H3,(H3,15,16,17,18). The molecule has 3 N–H and O–H groups in total. The number of benzene rings is 1. The highest BCUT2D eigenvalue weighted by atomic mass is 35.5. The third kappa shape index (κ3) is 3.26.